The normalized spacial score (nSPS) is 22.3. The van der Waals surface area contributed by atoms with Crippen LogP contribution in [0, 0.1) is 6.92 Å². The second-order valence-corrected chi connectivity index (χ2v) is 5.84. The Hall–Kier alpha value is -1.39. The Bertz CT molecular complexity index is 476. The maximum atomic E-state index is 12.5. The van der Waals surface area contributed by atoms with Gasteiger partial charge in [0.25, 0.3) is 0 Å². The first-order valence-corrected chi connectivity index (χ1v) is 7.72. The molecule has 0 bridgehead atoms. The number of benzene rings is 1. The van der Waals surface area contributed by atoms with Gasteiger partial charge in [-0.2, -0.15) is 0 Å². The van der Waals surface area contributed by atoms with Crippen LogP contribution in [0.5, 0.6) is 0 Å². The van der Waals surface area contributed by atoms with Gasteiger partial charge < -0.3 is 15.4 Å². The fourth-order valence-electron chi connectivity index (χ4n) is 3.06. The highest BCUT2D eigenvalue weighted by Crippen LogP contribution is 2.19. The predicted molar refractivity (Wildman–Crippen MR) is 84.1 cm³/mol. The quantitative estimate of drug-likeness (QED) is 0.901. The largest absolute Gasteiger partial charge is 0.382 e. The molecule has 1 fully saturated rings. The van der Waals surface area contributed by atoms with Crippen molar-refractivity contribution in [3.05, 3.63) is 35.4 Å². The molecule has 2 N–H and O–H groups in total. The number of hydrogen-bond acceptors (Lipinski definition) is 3. The summed E-state index contributed by atoms with van der Waals surface area (Å²) < 4.78 is 5.24. The van der Waals surface area contributed by atoms with Gasteiger partial charge in [-0.1, -0.05) is 24.3 Å². The summed E-state index contributed by atoms with van der Waals surface area (Å²) in [6.45, 7) is 3.41. The second kappa shape index (κ2) is 7.57. The minimum Gasteiger partial charge on any atom is -0.382 e. The standard InChI is InChI=1S/C17H26N2O2/c1-13-6-3-4-7-14(13)9-10-17(20)19-11-5-8-15(18)16(19)12-21-2/h3-4,6-7,15-16H,5,8-12,18H2,1-2H3/t15-,16-/m0/s1. The summed E-state index contributed by atoms with van der Waals surface area (Å²) in [6.07, 6.45) is 3.28. The van der Waals surface area contributed by atoms with Crippen molar-refractivity contribution in [3.8, 4) is 0 Å². The second-order valence-electron chi connectivity index (χ2n) is 5.84. The minimum absolute atomic E-state index is 0.0214. The first-order valence-electron chi connectivity index (χ1n) is 7.72. The molecule has 1 aromatic rings. The third-order valence-electron chi connectivity index (χ3n) is 4.36. The van der Waals surface area contributed by atoms with Crippen LogP contribution in [0.3, 0.4) is 0 Å². The highest BCUT2D eigenvalue weighted by Gasteiger charge is 2.31. The molecule has 0 spiro atoms. The molecule has 0 unspecified atom stereocenters. The van der Waals surface area contributed by atoms with Crippen molar-refractivity contribution in [1.82, 2.24) is 4.90 Å². The first kappa shape index (κ1) is 16.0. The number of ether oxygens (including phenoxy) is 1. The Morgan fingerprint density at radius 2 is 2.19 bits per heavy atom. The van der Waals surface area contributed by atoms with Gasteiger partial charge in [-0.3, -0.25) is 4.79 Å². The molecule has 0 saturated carbocycles. The summed E-state index contributed by atoms with van der Waals surface area (Å²) in [7, 11) is 1.66. The van der Waals surface area contributed by atoms with E-state index in [1.54, 1.807) is 7.11 Å². The van der Waals surface area contributed by atoms with Gasteiger partial charge in [0.2, 0.25) is 5.91 Å². The molecule has 1 heterocycles. The molecule has 1 aliphatic heterocycles. The van der Waals surface area contributed by atoms with Gasteiger partial charge in [0.1, 0.15) is 0 Å². The molecule has 1 saturated heterocycles. The van der Waals surface area contributed by atoms with Crippen LogP contribution in [-0.2, 0) is 16.0 Å². The topological polar surface area (TPSA) is 55.6 Å². The van der Waals surface area contributed by atoms with Crippen LogP contribution in [0.2, 0.25) is 0 Å². The Balaban J connectivity index is 1.96. The van der Waals surface area contributed by atoms with Crippen molar-refractivity contribution < 1.29 is 9.53 Å². The molecular weight excluding hydrogens is 264 g/mol. The number of nitrogens with zero attached hydrogens (tertiary/aromatic N) is 1. The van der Waals surface area contributed by atoms with Gasteiger partial charge in [-0.15, -0.1) is 0 Å². The number of carbonyl (C=O) groups is 1. The van der Waals surface area contributed by atoms with Crippen molar-refractivity contribution in [1.29, 1.82) is 0 Å². The van der Waals surface area contributed by atoms with Crippen LogP contribution < -0.4 is 5.73 Å². The molecule has 1 aliphatic rings. The van der Waals surface area contributed by atoms with Gasteiger partial charge in [-0.05, 0) is 37.3 Å². The van der Waals surface area contributed by atoms with Gasteiger partial charge in [0.15, 0.2) is 0 Å². The Morgan fingerprint density at radius 1 is 1.43 bits per heavy atom. The number of methoxy groups -OCH3 is 1. The van der Waals surface area contributed by atoms with E-state index in [2.05, 4.69) is 19.1 Å². The molecule has 21 heavy (non-hydrogen) atoms. The lowest BCUT2D eigenvalue weighted by atomic mass is 9.96. The Kier molecular flexibility index (Phi) is 5.76. The van der Waals surface area contributed by atoms with Gasteiger partial charge >= 0.3 is 0 Å². The number of nitrogens with two attached hydrogens (primary N) is 1. The molecule has 1 aromatic carbocycles. The molecule has 0 radical (unpaired) electrons. The summed E-state index contributed by atoms with van der Waals surface area (Å²) in [5, 5.41) is 0. The lowest BCUT2D eigenvalue weighted by Crippen LogP contribution is -2.56. The molecule has 1 amide bonds. The number of piperidine rings is 1. The minimum atomic E-state index is 0.0214. The molecule has 4 heteroatoms. The number of carbonyl (C=O) groups excluding carboxylic acids is 1. The van der Waals surface area contributed by atoms with Crippen LogP contribution >= 0.6 is 0 Å². The average Bonchev–Trinajstić information content (AvgIpc) is 2.48. The maximum Gasteiger partial charge on any atom is 0.223 e. The summed E-state index contributed by atoms with van der Waals surface area (Å²) >= 11 is 0. The van der Waals surface area contributed by atoms with Crippen LogP contribution in [0.25, 0.3) is 0 Å². The first-order chi connectivity index (χ1) is 10.1. The SMILES string of the molecule is COC[C@H]1[C@@H](N)CCCN1C(=O)CCc1ccccc1C. The van der Waals surface area contributed by atoms with E-state index in [0.717, 1.165) is 25.8 Å². The van der Waals surface area contributed by atoms with E-state index < -0.39 is 0 Å². The number of hydrogen-bond donors (Lipinski definition) is 1. The molecule has 2 atom stereocenters. The predicted octanol–water partition coefficient (Wildman–Crippen LogP) is 1.89. The molecule has 2 rings (SSSR count). The van der Waals surface area contributed by atoms with E-state index in [1.807, 2.05) is 17.0 Å². The van der Waals surface area contributed by atoms with E-state index in [4.69, 9.17) is 10.5 Å². The van der Waals surface area contributed by atoms with E-state index in [-0.39, 0.29) is 18.0 Å². The molecule has 0 aromatic heterocycles. The number of likely N-dealkylation sites (tertiary alicyclic amines) is 1. The third kappa shape index (κ3) is 4.05. The smallest absolute Gasteiger partial charge is 0.223 e. The van der Waals surface area contributed by atoms with Gasteiger partial charge in [0, 0.05) is 26.1 Å². The zero-order valence-corrected chi connectivity index (χ0v) is 13.0. The van der Waals surface area contributed by atoms with Crippen molar-refractivity contribution in [2.45, 2.75) is 44.7 Å². The summed E-state index contributed by atoms with van der Waals surface area (Å²) in [6, 6.07) is 8.28. The molecule has 0 aliphatic carbocycles. The number of aryl methyl sites for hydroxylation is 2. The van der Waals surface area contributed by atoms with Crippen molar-refractivity contribution in [2.24, 2.45) is 5.73 Å². The highest BCUT2D eigenvalue weighted by molar-refractivity contribution is 5.77. The zero-order valence-electron chi connectivity index (χ0n) is 13.0. The van der Waals surface area contributed by atoms with Gasteiger partial charge in [0.05, 0.1) is 12.6 Å². The third-order valence-corrected chi connectivity index (χ3v) is 4.36. The molecule has 4 nitrogen and oxygen atoms in total. The maximum absolute atomic E-state index is 12.5. The Labute approximate surface area is 127 Å². The number of amides is 1. The van der Waals surface area contributed by atoms with Crippen LogP contribution in [0.15, 0.2) is 24.3 Å². The zero-order chi connectivity index (χ0) is 15.2. The van der Waals surface area contributed by atoms with Crippen LogP contribution in [-0.4, -0.2) is 43.2 Å². The lowest BCUT2D eigenvalue weighted by molar-refractivity contribution is -0.136. The summed E-state index contributed by atoms with van der Waals surface area (Å²) in [5.74, 6) is 0.190. The van der Waals surface area contributed by atoms with Crippen molar-refractivity contribution in [3.63, 3.8) is 0 Å². The fourth-order valence-corrected chi connectivity index (χ4v) is 3.06. The highest BCUT2D eigenvalue weighted by atomic mass is 16.5. The average molecular weight is 290 g/mol. The number of rotatable bonds is 5. The van der Waals surface area contributed by atoms with E-state index in [9.17, 15) is 4.79 Å². The van der Waals surface area contributed by atoms with Crippen molar-refractivity contribution in [2.75, 3.05) is 20.3 Å². The van der Waals surface area contributed by atoms with Crippen LogP contribution in [0.1, 0.15) is 30.4 Å². The van der Waals surface area contributed by atoms with Crippen LogP contribution in [0.4, 0.5) is 0 Å². The Morgan fingerprint density at radius 3 is 2.90 bits per heavy atom. The fraction of sp³-hybridized carbons (Fsp3) is 0.588. The molecular formula is C17H26N2O2. The van der Waals surface area contributed by atoms with Gasteiger partial charge in [-0.25, -0.2) is 0 Å². The summed E-state index contributed by atoms with van der Waals surface area (Å²) in [4.78, 5) is 14.5. The summed E-state index contributed by atoms with van der Waals surface area (Å²) in [5.41, 5.74) is 8.64. The van der Waals surface area contributed by atoms with E-state index in [1.165, 1.54) is 11.1 Å². The molecule has 116 valence electrons. The van der Waals surface area contributed by atoms with E-state index >= 15 is 0 Å². The van der Waals surface area contributed by atoms with E-state index in [0.29, 0.717) is 13.0 Å². The lowest BCUT2D eigenvalue weighted by Gasteiger charge is -2.39. The monoisotopic (exact) mass is 290 g/mol. The van der Waals surface area contributed by atoms with Crippen molar-refractivity contribution >= 4 is 5.91 Å².